The average molecular weight is 210 g/mol. The van der Waals surface area contributed by atoms with E-state index in [0.717, 1.165) is 0 Å². The fourth-order valence-corrected chi connectivity index (χ4v) is 1.25. The molecule has 1 aromatic heterocycles. The van der Waals surface area contributed by atoms with Gasteiger partial charge >= 0.3 is 5.97 Å². The minimum atomic E-state index is -0.931. The highest BCUT2D eigenvalue weighted by Gasteiger charge is 2.04. The van der Waals surface area contributed by atoms with Gasteiger partial charge in [0.15, 0.2) is 0 Å². The molecule has 0 atom stereocenters. The summed E-state index contributed by atoms with van der Waals surface area (Å²) in [6.45, 7) is 0.653. The number of rotatable bonds is 5. The van der Waals surface area contributed by atoms with Crippen LogP contribution in [-0.4, -0.2) is 28.6 Å². The first-order chi connectivity index (χ1) is 7.13. The van der Waals surface area contributed by atoms with Crippen LogP contribution in [0.2, 0.25) is 0 Å². The van der Waals surface area contributed by atoms with E-state index in [1.807, 2.05) is 0 Å². The van der Waals surface area contributed by atoms with Gasteiger partial charge in [0.05, 0.1) is 5.56 Å². The van der Waals surface area contributed by atoms with Gasteiger partial charge in [-0.15, -0.1) is 0 Å². The first-order valence-electron chi connectivity index (χ1n) is 4.73. The average Bonchev–Trinajstić information content (AvgIpc) is 2.66. The second-order valence-corrected chi connectivity index (χ2v) is 3.22. The number of nitrogens with zero attached hydrogens (tertiary/aromatic N) is 1. The Hall–Kier alpha value is -1.78. The van der Waals surface area contributed by atoms with Crippen molar-refractivity contribution >= 4 is 11.9 Å². The summed E-state index contributed by atoms with van der Waals surface area (Å²) in [5.74, 6) is -0.930. The minimum Gasteiger partial charge on any atom is -0.478 e. The van der Waals surface area contributed by atoms with Crippen molar-refractivity contribution in [1.82, 2.24) is 9.88 Å². The van der Waals surface area contributed by atoms with Gasteiger partial charge in [-0.1, -0.05) is 0 Å². The molecule has 82 valence electrons. The molecule has 2 N–H and O–H groups in total. The molecule has 0 aliphatic carbocycles. The number of carbonyl (C=O) groups is 2. The molecule has 1 aromatic rings. The zero-order chi connectivity index (χ0) is 11.3. The Morgan fingerprint density at radius 2 is 2.27 bits per heavy atom. The maximum atomic E-state index is 10.9. The van der Waals surface area contributed by atoms with Crippen LogP contribution in [0.25, 0.3) is 0 Å². The molecule has 5 nitrogen and oxygen atoms in total. The van der Waals surface area contributed by atoms with E-state index >= 15 is 0 Å². The molecule has 0 unspecified atom stereocenters. The van der Waals surface area contributed by atoms with Crippen LogP contribution in [0.15, 0.2) is 18.5 Å². The Morgan fingerprint density at radius 3 is 2.80 bits per heavy atom. The molecule has 0 aromatic carbocycles. The summed E-state index contributed by atoms with van der Waals surface area (Å²) in [4.78, 5) is 21.5. The van der Waals surface area contributed by atoms with Gasteiger partial charge in [0.1, 0.15) is 0 Å². The lowest BCUT2D eigenvalue weighted by Crippen LogP contribution is -2.17. The second-order valence-electron chi connectivity index (χ2n) is 3.22. The van der Waals surface area contributed by atoms with Gasteiger partial charge in [-0.3, -0.25) is 4.79 Å². The van der Waals surface area contributed by atoms with Gasteiger partial charge in [-0.05, 0) is 12.5 Å². The number of aromatic carboxylic acids is 1. The van der Waals surface area contributed by atoms with Gasteiger partial charge in [-0.2, -0.15) is 0 Å². The van der Waals surface area contributed by atoms with E-state index in [9.17, 15) is 9.59 Å². The summed E-state index contributed by atoms with van der Waals surface area (Å²) in [5, 5.41) is 11.2. The van der Waals surface area contributed by atoms with Crippen LogP contribution < -0.4 is 5.32 Å². The highest BCUT2D eigenvalue weighted by atomic mass is 16.4. The number of amides is 1. The van der Waals surface area contributed by atoms with Crippen LogP contribution in [0.4, 0.5) is 0 Å². The van der Waals surface area contributed by atoms with Gasteiger partial charge in [0, 0.05) is 32.4 Å². The van der Waals surface area contributed by atoms with Crippen LogP contribution in [0.3, 0.4) is 0 Å². The smallest absolute Gasteiger partial charge is 0.337 e. The molecule has 5 heteroatoms. The quantitative estimate of drug-likeness (QED) is 0.752. The summed E-state index contributed by atoms with van der Waals surface area (Å²) < 4.78 is 1.77. The van der Waals surface area contributed by atoms with Gasteiger partial charge < -0.3 is 15.0 Å². The summed E-state index contributed by atoms with van der Waals surface area (Å²) in [6, 6.07) is 1.54. The van der Waals surface area contributed by atoms with Crippen molar-refractivity contribution < 1.29 is 14.7 Å². The summed E-state index contributed by atoms with van der Waals surface area (Å²) in [5.41, 5.74) is 0.273. The molecule has 0 saturated heterocycles. The zero-order valence-electron chi connectivity index (χ0n) is 8.56. The second kappa shape index (κ2) is 5.19. The molecule has 0 saturated carbocycles. The van der Waals surface area contributed by atoms with Crippen molar-refractivity contribution in [3.63, 3.8) is 0 Å². The predicted molar refractivity (Wildman–Crippen MR) is 54.7 cm³/mol. The van der Waals surface area contributed by atoms with Crippen molar-refractivity contribution in [1.29, 1.82) is 0 Å². The molecule has 0 spiro atoms. The first-order valence-corrected chi connectivity index (χ1v) is 4.73. The van der Waals surface area contributed by atoms with Crippen LogP contribution >= 0.6 is 0 Å². The number of hydrogen-bond acceptors (Lipinski definition) is 2. The molecular formula is C10H14N2O3. The Balaban J connectivity index is 2.38. The zero-order valence-corrected chi connectivity index (χ0v) is 8.56. The third-order valence-corrected chi connectivity index (χ3v) is 2.10. The number of hydrogen-bond donors (Lipinski definition) is 2. The summed E-state index contributed by atoms with van der Waals surface area (Å²) in [7, 11) is 1.60. The monoisotopic (exact) mass is 210 g/mol. The Kier molecular flexibility index (Phi) is 3.91. The highest BCUT2D eigenvalue weighted by molar-refractivity contribution is 5.87. The van der Waals surface area contributed by atoms with Crippen molar-refractivity contribution in [3.05, 3.63) is 24.0 Å². The molecule has 0 aliphatic heterocycles. The van der Waals surface area contributed by atoms with E-state index in [-0.39, 0.29) is 11.5 Å². The molecule has 0 aliphatic rings. The molecular weight excluding hydrogens is 196 g/mol. The number of nitrogens with one attached hydrogen (secondary N) is 1. The fraction of sp³-hybridized carbons (Fsp3) is 0.400. The van der Waals surface area contributed by atoms with Gasteiger partial charge in [0.25, 0.3) is 0 Å². The third kappa shape index (κ3) is 3.46. The van der Waals surface area contributed by atoms with Crippen LogP contribution in [0.5, 0.6) is 0 Å². The van der Waals surface area contributed by atoms with Crippen LogP contribution in [0, 0.1) is 0 Å². The molecule has 1 heterocycles. The van der Waals surface area contributed by atoms with E-state index in [0.29, 0.717) is 19.4 Å². The largest absolute Gasteiger partial charge is 0.478 e. The van der Waals surface area contributed by atoms with Crippen molar-refractivity contribution in [2.45, 2.75) is 19.4 Å². The molecule has 0 fully saturated rings. The number of carboxylic acid groups (broad SMARTS) is 1. The maximum Gasteiger partial charge on any atom is 0.337 e. The lowest BCUT2D eigenvalue weighted by molar-refractivity contribution is -0.120. The first kappa shape index (κ1) is 11.3. The number of aryl methyl sites for hydroxylation is 1. The number of carbonyl (C=O) groups excluding carboxylic acids is 1. The maximum absolute atomic E-state index is 10.9. The van der Waals surface area contributed by atoms with Crippen molar-refractivity contribution in [3.8, 4) is 0 Å². The van der Waals surface area contributed by atoms with Crippen LogP contribution in [-0.2, 0) is 11.3 Å². The number of carboxylic acids is 1. The Labute approximate surface area is 87.7 Å². The minimum absolute atomic E-state index is 0.000569. The van der Waals surface area contributed by atoms with E-state index < -0.39 is 5.97 Å². The predicted octanol–water partition coefficient (Wildman–Crippen LogP) is 0.712. The van der Waals surface area contributed by atoms with Gasteiger partial charge in [0.2, 0.25) is 5.91 Å². The van der Waals surface area contributed by atoms with Crippen molar-refractivity contribution in [2.75, 3.05) is 7.05 Å². The molecule has 1 rings (SSSR count). The molecule has 0 radical (unpaired) electrons. The van der Waals surface area contributed by atoms with Crippen LogP contribution in [0.1, 0.15) is 23.2 Å². The summed E-state index contributed by atoms with van der Waals surface area (Å²) >= 11 is 0. The summed E-state index contributed by atoms with van der Waals surface area (Å²) in [6.07, 6.45) is 4.42. The fourth-order valence-electron chi connectivity index (χ4n) is 1.25. The van der Waals surface area contributed by atoms with Gasteiger partial charge in [-0.25, -0.2) is 4.79 Å². The standard InChI is InChI=1S/C10H14N2O3/c1-11-9(13)3-2-5-12-6-4-8(7-12)10(14)15/h4,6-7H,2-3,5H2,1H3,(H,11,13)(H,14,15). The van der Waals surface area contributed by atoms with E-state index in [1.54, 1.807) is 30.1 Å². The Bertz CT molecular complexity index is 357. The Morgan fingerprint density at radius 1 is 1.53 bits per heavy atom. The van der Waals surface area contributed by atoms with E-state index in [2.05, 4.69) is 5.32 Å². The van der Waals surface area contributed by atoms with Crippen molar-refractivity contribution in [2.24, 2.45) is 0 Å². The molecule has 15 heavy (non-hydrogen) atoms. The topological polar surface area (TPSA) is 71.3 Å². The molecule has 1 amide bonds. The SMILES string of the molecule is CNC(=O)CCCn1ccc(C(=O)O)c1. The normalized spacial score (nSPS) is 9.93. The lowest BCUT2D eigenvalue weighted by atomic mass is 10.3. The number of aromatic nitrogens is 1. The molecule has 0 bridgehead atoms. The highest BCUT2D eigenvalue weighted by Crippen LogP contribution is 2.03. The van der Waals surface area contributed by atoms with E-state index in [4.69, 9.17) is 5.11 Å². The third-order valence-electron chi connectivity index (χ3n) is 2.10. The lowest BCUT2D eigenvalue weighted by Gasteiger charge is -2.01. The van der Waals surface area contributed by atoms with E-state index in [1.165, 1.54) is 0 Å².